The van der Waals surface area contributed by atoms with E-state index in [4.69, 9.17) is 4.74 Å². The SMILES string of the molecule is COC(=O)CC1(Br)CC=Cc2ccccc21. The molecule has 2 rings (SSSR count). The minimum Gasteiger partial charge on any atom is -0.469 e. The summed E-state index contributed by atoms with van der Waals surface area (Å²) in [5.74, 6) is -0.193. The minimum atomic E-state index is -0.314. The molecule has 0 heterocycles. The van der Waals surface area contributed by atoms with E-state index in [-0.39, 0.29) is 10.3 Å². The molecule has 1 aliphatic carbocycles. The normalized spacial score (nSPS) is 22.6. The van der Waals surface area contributed by atoms with Crippen LogP contribution in [0.2, 0.25) is 0 Å². The van der Waals surface area contributed by atoms with Gasteiger partial charge in [0.1, 0.15) is 0 Å². The molecule has 16 heavy (non-hydrogen) atoms. The molecule has 0 fully saturated rings. The Kier molecular flexibility index (Phi) is 3.15. The van der Waals surface area contributed by atoms with Crippen LogP contribution in [-0.4, -0.2) is 13.1 Å². The number of carbonyl (C=O) groups excluding carboxylic acids is 1. The first-order valence-corrected chi connectivity index (χ1v) is 5.97. The highest BCUT2D eigenvalue weighted by Crippen LogP contribution is 2.43. The molecule has 0 N–H and O–H groups in total. The lowest BCUT2D eigenvalue weighted by Crippen LogP contribution is -2.25. The minimum absolute atomic E-state index is 0.193. The summed E-state index contributed by atoms with van der Waals surface area (Å²) in [6.07, 6.45) is 5.33. The Morgan fingerprint density at radius 1 is 1.50 bits per heavy atom. The molecule has 3 heteroatoms. The summed E-state index contributed by atoms with van der Waals surface area (Å²) >= 11 is 3.68. The van der Waals surface area contributed by atoms with Crippen molar-refractivity contribution in [2.24, 2.45) is 0 Å². The monoisotopic (exact) mass is 280 g/mol. The largest absolute Gasteiger partial charge is 0.469 e. The van der Waals surface area contributed by atoms with Crippen LogP contribution in [0, 0.1) is 0 Å². The number of esters is 1. The van der Waals surface area contributed by atoms with Gasteiger partial charge < -0.3 is 4.74 Å². The second-order valence-electron chi connectivity index (χ2n) is 3.91. The van der Waals surface area contributed by atoms with Gasteiger partial charge in [-0.1, -0.05) is 52.3 Å². The van der Waals surface area contributed by atoms with Crippen LogP contribution in [0.4, 0.5) is 0 Å². The maximum absolute atomic E-state index is 11.4. The van der Waals surface area contributed by atoms with E-state index in [0.29, 0.717) is 6.42 Å². The number of fused-ring (bicyclic) bond motifs is 1. The zero-order chi connectivity index (χ0) is 11.6. The second kappa shape index (κ2) is 4.42. The van der Waals surface area contributed by atoms with Gasteiger partial charge in [0, 0.05) is 0 Å². The molecule has 1 atom stereocenters. The summed E-state index contributed by atoms with van der Waals surface area (Å²) in [6.45, 7) is 0. The number of hydrogen-bond acceptors (Lipinski definition) is 2. The fourth-order valence-electron chi connectivity index (χ4n) is 2.00. The molecule has 1 aromatic carbocycles. The number of alkyl halides is 1. The van der Waals surface area contributed by atoms with Crippen molar-refractivity contribution in [3.63, 3.8) is 0 Å². The fraction of sp³-hybridized carbons (Fsp3) is 0.308. The molecule has 0 bridgehead atoms. The Bertz CT molecular complexity index is 439. The smallest absolute Gasteiger partial charge is 0.307 e. The Labute approximate surface area is 103 Å². The molecule has 1 aliphatic rings. The average molecular weight is 281 g/mol. The van der Waals surface area contributed by atoms with Gasteiger partial charge in [0.15, 0.2) is 0 Å². The third-order valence-corrected chi connectivity index (χ3v) is 3.87. The Balaban J connectivity index is 2.36. The molecule has 0 aliphatic heterocycles. The molecule has 0 amide bonds. The highest BCUT2D eigenvalue weighted by Gasteiger charge is 2.34. The van der Waals surface area contributed by atoms with Gasteiger partial charge in [-0.3, -0.25) is 4.79 Å². The average Bonchev–Trinajstić information content (AvgIpc) is 2.29. The Hall–Kier alpha value is -1.09. The zero-order valence-corrected chi connectivity index (χ0v) is 10.7. The number of halogens is 1. The molecule has 0 aromatic heterocycles. The van der Waals surface area contributed by atoms with Gasteiger partial charge in [-0.15, -0.1) is 0 Å². The van der Waals surface area contributed by atoms with Crippen LogP contribution in [0.5, 0.6) is 0 Å². The summed E-state index contributed by atoms with van der Waals surface area (Å²) in [5.41, 5.74) is 2.32. The van der Waals surface area contributed by atoms with Crippen LogP contribution in [0.25, 0.3) is 6.08 Å². The highest BCUT2D eigenvalue weighted by atomic mass is 79.9. The zero-order valence-electron chi connectivity index (χ0n) is 9.07. The second-order valence-corrected chi connectivity index (χ2v) is 5.43. The Morgan fingerprint density at radius 2 is 2.25 bits per heavy atom. The molecule has 0 saturated carbocycles. The van der Waals surface area contributed by atoms with E-state index in [0.717, 1.165) is 17.5 Å². The van der Waals surface area contributed by atoms with Crippen LogP contribution in [0.15, 0.2) is 30.3 Å². The molecule has 1 unspecified atom stereocenters. The lowest BCUT2D eigenvalue weighted by atomic mass is 9.85. The third-order valence-electron chi connectivity index (χ3n) is 2.83. The highest BCUT2D eigenvalue weighted by molar-refractivity contribution is 9.09. The number of carbonyl (C=O) groups is 1. The van der Waals surface area contributed by atoms with Gasteiger partial charge in [0.25, 0.3) is 0 Å². The number of methoxy groups -OCH3 is 1. The van der Waals surface area contributed by atoms with Crippen LogP contribution in [0.3, 0.4) is 0 Å². The predicted octanol–water partition coefficient (Wildman–Crippen LogP) is 3.26. The van der Waals surface area contributed by atoms with E-state index in [1.165, 1.54) is 7.11 Å². The molecule has 0 radical (unpaired) electrons. The fourth-order valence-corrected chi connectivity index (χ4v) is 2.78. The van der Waals surface area contributed by atoms with E-state index in [9.17, 15) is 4.79 Å². The van der Waals surface area contributed by atoms with E-state index in [1.54, 1.807) is 0 Å². The number of rotatable bonds is 2. The lowest BCUT2D eigenvalue weighted by Gasteiger charge is -2.30. The van der Waals surface area contributed by atoms with Crippen LogP contribution >= 0.6 is 15.9 Å². The summed E-state index contributed by atoms with van der Waals surface area (Å²) < 4.78 is 4.43. The van der Waals surface area contributed by atoms with Crippen molar-refractivity contribution in [1.29, 1.82) is 0 Å². The molecule has 84 valence electrons. The first-order valence-electron chi connectivity index (χ1n) is 5.17. The standard InChI is InChI=1S/C13H13BrO2/c1-16-12(15)9-13(14)8-4-6-10-5-2-3-7-11(10)13/h2-7H,8-9H2,1H3. The van der Waals surface area contributed by atoms with Gasteiger partial charge in [0.05, 0.1) is 17.9 Å². The van der Waals surface area contributed by atoms with Crippen LogP contribution in [0.1, 0.15) is 24.0 Å². The van der Waals surface area contributed by atoms with Crippen molar-refractivity contribution in [3.8, 4) is 0 Å². The maximum Gasteiger partial charge on any atom is 0.307 e. The summed E-state index contributed by atoms with van der Waals surface area (Å²) in [5, 5.41) is 0. The van der Waals surface area contributed by atoms with Gasteiger partial charge in [-0.2, -0.15) is 0 Å². The van der Waals surface area contributed by atoms with Crippen molar-refractivity contribution < 1.29 is 9.53 Å². The number of ether oxygens (including phenoxy) is 1. The number of hydrogen-bond donors (Lipinski definition) is 0. The first-order chi connectivity index (χ1) is 7.65. The molecular weight excluding hydrogens is 268 g/mol. The van der Waals surface area contributed by atoms with Crippen molar-refractivity contribution >= 4 is 28.0 Å². The third kappa shape index (κ3) is 2.05. The molecule has 0 spiro atoms. The van der Waals surface area contributed by atoms with Crippen molar-refractivity contribution in [1.82, 2.24) is 0 Å². The van der Waals surface area contributed by atoms with E-state index < -0.39 is 0 Å². The molecule has 0 saturated heterocycles. The van der Waals surface area contributed by atoms with Gasteiger partial charge in [-0.25, -0.2) is 0 Å². The number of allylic oxidation sites excluding steroid dienone is 1. The van der Waals surface area contributed by atoms with Crippen LogP contribution < -0.4 is 0 Å². The van der Waals surface area contributed by atoms with E-state index >= 15 is 0 Å². The van der Waals surface area contributed by atoms with Gasteiger partial charge in [-0.05, 0) is 17.5 Å². The first kappa shape index (κ1) is 11.4. The summed E-state index contributed by atoms with van der Waals surface area (Å²) in [7, 11) is 1.42. The lowest BCUT2D eigenvalue weighted by molar-refractivity contribution is -0.141. The quantitative estimate of drug-likeness (QED) is 0.614. The molecular formula is C13H13BrO2. The van der Waals surface area contributed by atoms with E-state index in [1.807, 2.05) is 12.1 Å². The van der Waals surface area contributed by atoms with Crippen molar-refractivity contribution in [2.75, 3.05) is 7.11 Å². The molecule has 2 nitrogen and oxygen atoms in total. The molecule has 1 aromatic rings. The van der Waals surface area contributed by atoms with Crippen LogP contribution in [-0.2, 0) is 13.9 Å². The summed E-state index contributed by atoms with van der Waals surface area (Å²) in [6, 6.07) is 8.10. The van der Waals surface area contributed by atoms with Crippen molar-refractivity contribution in [3.05, 3.63) is 41.5 Å². The maximum atomic E-state index is 11.4. The van der Waals surface area contributed by atoms with Gasteiger partial charge >= 0.3 is 5.97 Å². The van der Waals surface area contributed by atoms with Crippen molar-refractivity contribution in [2.45, 2.75) is 17.2 Å². The van der Waals surface area contributed by atoms with E-state index in [2.05, 4.69) is 40.2 Å². The Morgan fingerprint density at radius 3 is 3.00 bits per heavy atom. The predicted molar refractivity (Wildman–Crippen MR) is 67.3 cm³/mol. The summed E-state index contributed by atoms with van der Waals surface area (Å²) in [4.78, 5) is 11.4. The number of benzene rings is 1. The topological polar surface area (TPSA) is 26.3 Å². The van der Waals surface area contributed by atoms with Gasteiger partial charge in [0.2, 0.25) is 0 Å².